The van der Waals surface area contributed by atoms with Crippen molar-refractivity contribution in [3.05, 3.63) is 62.5 Å². The average molecular weight is 442 g/mol. The van der Waals surface area contributed by atoms with Crippen molar-refractivity contribution in [3.63, 3.8) is 0 Å². The number of thiophene rings is 1. The van der Waals surface area contributed by atoms with Gasteiger partial charge >= 0.3 is 0 Å². The van der Waals surface area contributed by atoms with Gasteiger partial charge in [-0.15, -0.1) is 11.3 Å². The third-order valence-corrected chi connectivity index (χ3v) is 7.83. The predicted molar refractivity (Wildman–Crippen MR) is 107 cm³/mol. The first kappa shape index (κ1) is 20.5. The molecule has 1 fully saturated rings. The van der Waals surface area contributed by atoms with Crippen molar-refractivity contribution < 1.29 is 18.1 Å². The van der Waals surface area contributed by atoms with Gasteiger partial charge in [-0.2, -0.15) is 4.31 Å². The highest BCUT2D eigenvalue weighted by molar-refractivity contribution is 7.91. The molecule has 0 bridgehead atoms. The Kier molecular flexibility index (Phi) is 6.14. The van der Waals surface area contributed by atoms with Gasteiger partial charge in [-0.25, -0.2) is 8.42 Å². The number of amides is 1. The van der Waals surface area contributed by atoms with Gasteiger partial charge in [0.25, 0.3) is 15.7 Å². The molecule has 8 nitrogen and oxygen atoms in total. The molecule has 148 valence electrons. The molecule has 0 atom stereocenters. The Morgan fingerprint density at radius 2 is 1.82 bits per heavy atom. The lowest BCUT2D eigenvalue weighted by Gasteiger charge is -2.33. The number of rotatable bonds is 5. The molecular weight excluding hydrogens is 426 g/mol. The molecule has 28 heavy (non-hydrogen) atoms. The van der Waals surface area contributed by atoms with Gasteiger partial charge in [-0.05, 0) is 24.3 Å². The van der Waals surface area contributed by atoms with Crippen molar-refractivity contribution in [3.8, 4) is 0 Å². The number of sulfonamides is 1. The number of para-hydroxylation sites is 1. The van der Waals surface area contributed by atoms with E-state index in [0.717, 1.165) is 11.3 Å². The van der Waals surface area contributed by atoms with Gasteiger partial charge in [0.1, 0.15) is 4.21 Å². The highest BCUT2D eigenvalue weighted by atomic mass is 35.5. The lowest BCUT2D eigenvalue weighted by molar-refractivity contribution is -0.385. The molecule has 2 aromatic rings. The molecule has 0 N–H and O–H groups in total. The van der Waals surface area contributed by atoms with E-state index in [1.54, 1.807) is 18.2 Å². The van der Waals surface area contributed by atoms with Gasteiger partial charge in [0.05, 0.1) is 14.8 Å². The van der Waals surface area contributed by atoms with Crippen LogP contribution in [0.3, 0.4) is 0 Å². The zero-order valence-corrected chi connectivity index (χ0v) is 16.9. The Labute approximate surface area is 170 Å². The number of nitro groups is 1. The van der Waals surface area contributed by atoms with E-state index in [1.165, 1.54) is 39.6 Å². The quantitative estimate of drug-likeness (QED) is 0.403. The van der Waals surface area contributed by atoms with Crippen LogP contribution in [-0.2, 0) is 14.8 Å². The fourth-order valence-corrected chi connectivity index (χ4v) is 5.83. The Morgan fingerprint density at radius 3 is 2.43 bits per heavy atom. The standard InChI is InChI=1S/C17H16ClN3O5S2/c18-15-6-8-17(27-15)28(25,26)20-11-9-19(10-12-20)16(22)7-5-13-3-1-2-4-14(13)21(23)24/h1-8H,9-12H2/b7-5+. The van der Waals surface area contributed by atoms with Crippen LogP contribution >= 0.6 is 22.9 Å². The van der Waals surface area contributed by atoms with Crippen molar-refractivity contribution in [2.24, 2.45) is 0 Å². The second-order valence-corrected chi connectivity index (χ2v) is 9.82. The summed E-state index contributed by atoms with van der Waals surface area (Å²) in [5.74, 6) is -0.325. The van der Waals surface area contributed by atoms with Crippen molar-refractivity contribution >= 4 is 50.6 Å². The Bertz CT molecular complexity index is 1030. The average Bonchev–Trinajstić information content (AvgIpc) is 3.13. The summed E-state index contributed by atoms with van der Waals surface area (Å²) in [6, 6.07) is 9.13. The topological polar surface area (TPSA) is 101 Å². The van der Waals surface area contributed by atoms with Gasteiger partial charge in [0, 0.05) is 38.3 Å². The smallest absolute Gasteiger partial charge is 0.276 e. The molecule has 1 aromatic carbocycles. The highest BCUT2D eigenvalue weighted by Gasteiger charge is 2.30. The van der Waals surface area contributed by atoms with Crippen molar-refractivity contribution in [1.29, 1.82) is 0 Å². The number of piperazine rings is 1. The molecular formula is C17H16ClN3O5S2. The lowest BCUT2D eigenvalue weighted by atomic mass is 10.1. The molecule has 1 saturated heterocycles. The van der Waals surface area contributed by atoms with E-state index in [0.29, 0.717) is 9.90 Å². The third-order valence-electron chi connectivity index (χ3n) is 4.23. The Balaban J connectivity index is 1.64. The number of halogens is 1. The molecule has 0 radical (unpaired) electrons. The molecule has 1 aromatic heterocycles. The van der Waals surface area contributed by atoms with Crippen LogP contribution in [0.1, 0.15) is 5.56 Å². The number of nitrogens with zero attached hydrogens (tertiary/aromatic N) is 3. The number of carbonyl (C=O) groups excluding carboxylic acids is 1. The van der Waals surface area contributed by atoms with Crippen LogP contribution in [0.25, 0.3) is 6.08 Å². The monoisotopic (exact) mass is 441 g/mol. The highest BCUT2D eigenvalue weighted by Crippen LogP contribution is 2.28. The van der Waals surface area contributed by atoms with E-state index in [2.05, 4.69) is 0 Å². The SMILES string of the molecule is O=C(/C=C/c1ccccc1[N+](=O)[O-])N1CCN(S(=O)(=O)c2ccc(Cl)s2)CC1. The van der Waals surface area contributed by atoms with Crippen LogP contribution in [0.4, 0.5) is 5.69 Å². The van der Waals surface area contributed by atoms with E-state index >= 15 is 0 Å². The zero-order chi connectivity index (χ0) is 20.3. The van der Waals surface area contributed by atoms with Gasteiger partial charge in [0.2, 0.25) is 5.91 Å². The molecule has 1 aliphatic rings. The number of hydrogen-bond acceptors (Lipinski definition) is 6. The van der Waals surface area contributed by atoms with E-state index in [4.69, 9.17) is 11.6 Å². The minimum atomic E-state index is -3.62. The third kappa shape index (κ3) is 4.41. The van der Waals surface area contributed by atoms with Gasteiger partial charge in [-0.1, -0.05) is 23.7 Å². The fraction of sp³-hybridized carbons (Fsp3) is 0.235. The predicted octanol–water partition coefficient (Wildman–Crippen LogP) is 2.86. The summed E-state index contributed by atoms with van der Waals surface area (Å²) in [5.41, 5.74) is 0.244. The maximum Gasteiger partial charge on any atom is 0.276 e. The Hall–Kier alpha value is -2.27. The summed E-state index contributed by atoms with van der Waals surface area (Å²) in [6.45, 7) is 0.808. The summed E-state index contributed by atoms with van der Waals surface area (Å²) in [5, 5.41) is 11.0. The minimum absolute atomic E-state index is 0.0860. The number of nitro benzene ring substituents is 1. The fourth-order valence-electron chi connectivity index (χ4n) is 2.77. The summed E-state index contributed by atoms with van der Waals surface area (Å²) in [7, 11) is -3.62. The van der Waals surface area contributed by atoms with Gasteiger partial charge in [-0.3, -0.25) is 14.9 Å². The maximum atomic E-state index is 12.6. The first-order valence-corrected chi connectivity index (χ1v) is 10.9. The van der Waals surface area contributed by atoms with Crippen LogP contribution in [0.15, 0.2) is 46.7 Å². The van der Waals surface area contributed by atoms with Crippen LogP contribution < -0.4 is 0 Å². The van der Waals surface area contributed by atoms with Crippen LogP contribution in [0, 0.1) is 10.1 Å². The Morgan fingerprint density at radius 1 is 1.14 bits per heavy atom. The van der Waals surface area contributed by atoms with E-state index in [9.17, 15) is 23.3 Å². The van der Waals surface area contributed by atoms with E-state index < -0.39 is 14.9 Å². The second-order valence-electron chi connectivity index (χ2n) is 5.94. The lowest BCUT2D eigenvalue weighted by Crippen LogP contribution is -2.50. The van der Waals surface area contributed by atoms with E-state index in [1.807, 2.05) is 0 Å². The first-order valence-electron chi connectivity index (χ1n) is 8.25. The van der Waals surface area contributed by atoms with Crippen molar-refractivity contribution in [2.45, 2.75) is 4.21 Å². The summed E-state index contributed by atoms with van der Waals surface area (Å²) < 4.78 is 27.1. The molecule has 1 aliphatic heterocycles. The molecule has 2 heterocycles. The van der Waals surface area contributed by atoms with Crippen molar-refractivity contribution in [2.75, 3.05) is 26.2 Å². The molecule has 1 amide bonds. The van der Waals surface area contributed by atoms with Crippen LogP contribution in [-0.4, -0.2) is 54.6 Å². The molecule has 3 rings (SSSR count). The van der Waals surface area contributed by atoms with Gasteiger partial charge in [0.15, 0.2) is 0 Å². The summed E-state index contributed by atoms with van der Waals surface area (Å²) >= 11 is 6.81. The number of carbonyl (C=O) groups is 1. The zero-order valence-electron chi connectivity index (χ0n) is 14.5. The minimum Gasteiger partial charge on any atom is -0.337 e. The van der Waals surface area contributed by atoms with Gasteiger partial charge < -0.3 is 4.90 Å². The molecule has 0 aliphatic carbocycles. The maximum absolute atomic E-state index is 12.6. The number of hydrogen-bond donors (Lipinski definition) is 0. The van der Waals surface area contributed by atoms with Crippen LogP contribution in [0.2, 0.25) is 4.34 Å². The molecule has 11 heteroatoms. The number of benzene rings is 1. The van der Waals surface area contributed by atoms with Crippen LogP contribution in [0.5, 0.6) is 0 Å². The molecule has 0 saturated carbocycles. The van der Waals surface area contributed by atoms with E-state index in [-0.39, 0.29) is 42.0 Å². The molecule has 0 spiro atoms. The summed E-state index contributed by atoms with van der Waals surface area (Å²) in [6.07, 6.45) is 2.67. The largest absolute Gasteiger partial charge is 0.337 e. The second kappa shape index (κ2) is 8.39. The van der Waals surface area contributed by atoms with Crippen molar-refractivity contribution in [1.82, 2.24) is 9.21 Å². The first-order chi connectivity index (χ1) is 13.3. The molecule has 0 unspecified atom stereocenters. The summed E-state index contributed by atoms with van der Waals surface area (Å²) in [4.78, 5) is 24.4. The normalized spacial score (nSPS) is 15.8.